The van der Waals surface area contributed by atoms with Crippen molar-refractivity contribution in [3.63, 3.8) is 0 Å². The highest BCUT2D eigenvalue weighted by Gasteiger charge is 2.19. The Morgan fingerprint density at radius 1 is 1.58 bits per heavy atom. The predicted molar refractivity (Wildman–Crippen MR) is 69.9 cm³/mol. The van der Waals surface area contributed by atoms with Gasteiger partial charge in [0.2, 0.25) is 0 Å². The summed E-state index contributed by atoms with van der Waals surface area (Å²) in [5, 5.41) is 3.00. The molecule has 1 fully saturated rings. The van der Waals surface area contributed by atoms with Crippen LogP contribution >= 0.6 is 0 Å². The van der Waals surface area contributed by atoms with E-state index in [2.05, 4.69) is 20.3 Å². The number of fused-ring (bicyclic) bond motifs is 1. The van der Waals surface area contributed by atoms with Crippen LogP contribution in [-0.4, -0.2) is 40.1 Å². The Hall–Kier alpha value is -1.95. The van der Waals surface area contributed by atoms with Crippen molar-refractivity contribution >= 4 is 17.1 Å². The van der Waals surface area contributed by atoms with E-state index in [1.165, 1.54) is 0 Å². The van der Waals surface area contributed by atoms with Gasteiger partial charge in [0.25, 0.3) is 5.91 Å². The second-order valence-corrected chi connectivity index (χ2v) is 4.77. The number of hydrogen-bond acceptors (Lipinski definition) is 4. The van der Waals surface area contributed by atoms with E-state index in [1.807, 2.05) is 6.92 Å². The van der Waals surface area contributed by atoms with Crippen LogP contribution in [0.4, 0.5) is 0 Å². The standard InChI is InChI=1S/C13H16N4O2/c1-8-15-11-10(4-5-14-12(11)16-8)13(18)17-9-3-2-6-19-7-9/h4-5,9H,2-3,6-7H2,1H3,(H,17,18)(H,14,15,16)/t9-/m1/s1. The zero-order chi connectivity index (χ0) is 13.2. The summed E-state index contributed by atoms with van der Waals surface area (Å²) >= 11 is 0. The number of aryl methyl sites for hydroxylation is 1. The molecule has 0 aromatic carbocycles. The lowest BCUT2D eigenvalue weighted by Gasteiger charge is -2.23. The van der Waals surface area contributed by atoms with Gasteiger partial charge >= 0.3 is 0 Å². The third kappa shape index (κ3) is 2.44. The molecule has 6 heteroatoms. The normalized spacial score (nSPS) is 19.5. The van der Waals surface area contributed by atoms with Crippen molar-refractivity contribution in [2.75, 3.05) is 13.2 Å². The molecule has 0 radical (unpaired) electrons. The summed E-state index contributed by atoms with van der Waals surface area (Å²) in [5.74, 6) is 0.648. The number of imidazole rings is 1. The highest BCUT2D eigenvalue weighted by atomic mass is 16.5. The summed E-state index contributed by atoms with van der Waals surface area (Å²) in [6, 6.07) is 1.80. The first-order valence-corrected chi connectivity index (χ1v) is 6.44. The highest BCUT2D eigenvalue weighted by molar-refractivity contribution is 6.04. The Bertz CT molecular complexity index is 602. The molecule has 2 aromatic heterocycles. The number of H-pyrrole nitrogens is 1. The minimum Gasteiger partial charge on any atom is -0.379 e. The van der Waals surface area contributed by atoms with Crippen molar-refractivity contribution in [2.45, 2.75) is 25.8 Å². The molecule has 2 N–H and O–H groups in total. The maximum Gasteiger partial charge on any atom is 0.253 e. The van der Waals surface area contributed by atoms with E-state index < -0.39 is 0 Å². The predicted octanol–water partition coefficient (Wildman–Crippen LogP) is 1.18. The van der Waals surface area contributed by atoms with Crippen molar-refractivity contribution in [2.24, 2.45) is 0 Å². The van der Waals surface area contributed by atoms with E-state index in [1.54, 1.807) is 12.3 Å². The van der Waals surface area contributed by atoms with Crippen molar-refractivity contribution in [1.29, 1.82) is 0 Å². The Kier molecular flexibility index (Phi) is 3.16. The molecule has 1 aliphatic rings. The molecule has 1 saturated heterocycles. The second-order valence-electron chi connectivity index (χ2n) is 4.77. The van der Waals surface area contributed by atoms with Gasteiger partial charge in [-0.05, 0) is 25.8 Å². The molecule has 2 aromatic rings. The van der Waals surface area contributed by atoms with Gasteiger partial charge in [-0.3, -0.25) is 4.79 Å². The molecule has 1 amide bonds. The van der Waals surface area contributed by atoms with Crippen LogP contribution in [0.5, 0.6) is 0 Å². The number of carbonyl (C=O) groups excluding carboxylic acids is 1. The van der Waals surface area contributed by atoms with Crippen molar-refractivity contribution in [3.8, 4) is 0 Å². The number of nitrogens with zero attached hydrogens (tertiary/aromatic N) is 2. The van der Waals surface area contributed by atoms with Gasteiger partial charge in [0.1, 0.15) is 5.82 Å². The average molecular weight is 260 g/mol. The maximum atomic E-state index is 12.3. The van der Waals surface area contributed by atoms with Crippen LogP contribution in [0.2, 0.25) is 0 Å². The van der Waals surface area contributed by atoms with Gasteiger partial charge in [-0.25, -0.2) is 9.97 Å². The molecule has 3 heterocycles. The van der Waals surface area contributed by atoms with Crippen LogP contribution < -0.4 is 5.32 Å². The zero-order valence-corrected chi connectivity index (χ0v) is 10.8. The third-order valence-corrected chi connectivity index (χ3v) is 3.25. The quantitative estimate of drug-likeness (QED) is 0.849. The molecule has 1 atom stereocenters. The Morgan fingerprint density at radius 2 is 2.47 bits per heavy atom. The summed E-state index contributed by atoms with van der Waals surface area (Å²) in [6.45, 7) is 3.21. The molecule has 100 valence electrons. The van der Waals surface area contributed by atoms with Gasteiger partial charge in [0.05, 0.1) is 23.7 Å². The molecular weight excluding hydrogens is 244 g/mol. The minimum absolute atomic E-state index is 0.0912. The SMILES string of the molecule is Cc1nc2nccc(C(=O)N[C@@H]3CCCOC3)c2[nH]1. The number of hydrogen-bond donors (Lipinski definition) is 2. The fourth-order valence-electron chi connectivity index (χ4n) is 2.33. The Balaban J connectivity index is 1.84. The number of amides is 1. The highest BCUT2D eigenvalue weighted by Crippen LogP contribution is 2.15. The van der Waals surface area contributed by atoms with E-state index >= 15 is 0 Å². The Labute approximate surface area is 110 Å². The topological polar surface area (TPSA) is 79.9 Å². The number of aromatic amines is 1. The first-order chi connectivity index (χ1) is 9.24. The summed E-state index contributed by atoms with van der Waals surface area (Å²) in [4.78, 5) is 23.7. The van der Waals surface area contributed by atoms with Gasteiger partial charge in [0, 0.05) is 12.8 Å². The van der Waals surface area contributed by atoms with Gasteiger partial charge < -0.3 is 15.0 Å². The molecule has 0 unspecified atom stereocenters. The first kappa shape index (κ1) is 12.1. The fourth-order valence-corrected chi connectivity index (χ4v) is 2.33. The molecule has 0 bridgehead atoms. The monoisotopic (exact) mass is 260 g/mol. The number of aromatic nitrogens is 3. The smallest absolute Gasteiger partial charge is 0.253 e. The molecular formula is C13H16N4O2. The molecule has 0 spiro atoms. The van der Waals surface area contributed by atoms with Crippen LogP contribution in [0, 0.1) is 6.92 Å². The van der Waals surface area contributed by atoms with Crippen LogP contribution in [-0.2, 0) is 4.74 Å². The summed E-state index contributed by atoms with van der Waals surface area (Å²) < 4.78 is 5.36. The van der Waals surface area contributed by atoms with Crippen molar-refractivity contribution < 1.29 is 9.53 Å². The lowest BCUT2D eigenvalue weighted by atomic mass is 10.1. The van der Waals surface area contributed by atoms with E-state index in [0.29, 0.717) is 23.3 Å². The first-order valence-electron chi connectivity index (χ1n) is 6.44. The van der Waals surface area contributed by atoms with E-state index in [4.69, 9.17) is 4.74 Å². The Morgan fingerprint density at radius 3 is 3.26 bits per heavy atom. The number of rotatable bonds is 2. The van der Waals surface area contributed by atoms with Crippen LogP contribution in [0.25, 0.3) is 11.2 Å². The van der Waals surface area contributed by atoms with Gasteiger partial charge in [-0.15, -0.1) is 0 Å². The lowest BCUT2D eigenvalue weighted by molar-refractivity contribution is 0.0625. The molecule has 0 saturated carbocycles. The molecule has 3 rings (SSSR count). The molecule has 6 nitrogen and oxygen atoms in total. The molecule has 0 aliphatic carbocycles. The summed E-state index contributed by atoms with van der Waals surface area (Å²) in [5.41, 5.74) is 1.84. The fraction of sp³-hybridized carbons (Fsp3) is 0.462. The van der Waals surface area contributed by atoms with E-state index in [0.717, 1.165) is 25.3 Å². The number of ether oxygens (including phenoxy) is 1. The van der Waals surface area contributed by atoms with Gasteiger partial charge in [-0.1, -0.05) is 0 Å². The second kappa shape index (κ2) is 4.97. The minimum atomic E-state index is -0.105. The van der Waals surface area contributed by atoms with Crippen LogP contribution in [0.1, 0.15) is 29.0 Å². The summed E-state index contributed by atoms with van der Waals surface area (Å²) in [6.07, 6.45) is 3.55. The van der Waals surface area contributed by atoms with E-state index in [9.17, 15) is 4.79 Å². The molecule has 1 aliphatic heterocycles. The lowest BCUT2D eigenvalue weighted by Crippen LogP contribution is -2.40. The van der Waals surface area contributed by atoms with Crippen molar-refractivity contribution in [3.05, 3.63) is 23.7 Å². The van der Waals surface area contributed by atoms with E-state index in [-0.39, 0.29) is 11.9 Å². The zero-order valence-electron chi connectivity index (χ0n) is 10.8. The number of nitrogens with one attached hydrogen (secondary N) is 2. The third-order valence-electron chi connectivity index (χ3n) is 3.25. The number of pyridine rings is 1. The molecule has 19 heavy (non-hydrogen) atoms. The maximum absolute atomic E-state index is 12.3. The van der Waals surface area contributed by atoms with Crippen molar-refractivity contribution in [1.82, 2.24) is 20.3 Å². The number of carbonyl (C=O) groups is 1. The van der Waals surface area contributed by atoms with Crippen LogP contribution in [0.3, 0.4) is 0 Å². The largest absolute Gasteiger partial charge is 0.379 e. The summed E-state index contributed by atoms with van der Waals surface area (Å²) in [7, 11) is 0. The average Bonchev–Trinajstić information content (AvgIpc) is 2.79. The van der Waals surface area contributed by atoms with Gasteiger partial charge in [0.15, 0.2) is 5.65 Å². The van der Waals surface area contributed by atoms with Crippen LogP contribution in [0.15, 0.2) is 12.3 Å². The van der Waals surface area contributed by atoms with Gasteiger partial charge in [-0.2, -0.15) is 0 Å².